The van der Waals surface area contributed by atoms with Crippen LogP contribution >= 0.6 is 22.9 Å². The van der Waals surface area contributed by atoms with Crippen molar-refractivity contribution in [1.29, 1.82) is 0 Å². The summed E-state index contributed by atoms with van der Waals surface area (Å²) in [6.45, 7) is 1.28. The Morgan fingerprint density at radius 3 is 2.52 bits per heavy atom. The van der Waals surface area contributed by atoms with Crippen molar-refractivity contribution in [1.82, 2.24) is 25.3 Å². The minimum atomic E-state index is -0.465. The summed E-state index contributed by atoms with van der Waals surface area (Å²) in [4.78, 5) is 43.5. The van der Waals surface area contributed by atoms with E-state index < -0.39 is 11.8 Å². The predicted octanol–water partition coefficient (Wildman–Crippen LogP) is 3.16. The Bertz CT molecular complexity index is 1170. The van der Waals surface area contributed by atoms with Crippen LogP contribution in [0, 0.1) is 0 Å². The molecule has 10 heteroatoms. The van der Waals surface area contributed by atoms with Crippen LogP contribution in [0.15, 0.2) is 48.0 Å². The Labute approximate surface area is 200 Å². The molecule has 172 valence electrons. The summed E-state index contributed by atoms with van der Waals surface area (Å²) >= 11 is 7.60. The fourth-order valence-corrected chi connectivity index (χ4v) is 4.98. The lowest BCUT2D eigenvalue weighted by molar-refractivity contribution is -0.131. The maximum Gasteiger partial charge on any atom is 0.289 e. The Hall–Kier alpha value is -3.17. The second kappa shape index (κ2) is 10.2. The monoisotopic (exact) mass is 485 g/mol. The van der Waals surface area contributed by atoms with E-state index in [1.807, 2.05) is 23.1 Å². The van der Waals surface area contributed by atoms with Gasteiger partial charge < -0.3 is 9.47 Å². The lowest BCUT2D eigenvalue weighted by Gasteiger charge is -2.31. The number of likely N-dealkylation sites (tertiary alicyclic amines) is 1. The number of aryl methyl sites for hydroxylation is 1. The number of thiazole rings is 1. The molecular weight excluding hydrogens is 462 g/mol. The number of hydrazine groups is 1. The van der Waals surface area contributed by atoms with Crippen molar-refractivity contribution >= 4 is 40.7 Å². The molecule has 0 unspecified atom stereocenters. The summed E-state index contributed by atoms with van der Waals surface area (Å²) in [6, 6.07) is 10.8. The number of carbonyl (C=O) groups is 3. The first-order valence-electron chi connectivity index (χ1n) is 10.6. The number of carbonyl (C=O) groups excluding carboxylic acids is 3. The molecule has 0 saturated carbocycles. The maximum atomic E-state index is 12.7. The van der Waals surface area contributed by atoms with E-state index in [4.69, 9.17) is 11.6 Å². The third-order valence-electron chi connectivity index (χ3n) is 5.72. The van der Waals surface area contributed by atoms with Crippen molar-refractivity contribution < 1.29 is 14.4 Å². The molecule has 1 aromatic carbocycles. The van der Waals surface area contributed by atoms with E-state index in [2.05, 4.69) is 15.8 Å². The molecule has 0 bridgehead atoms. The third kappa shape index (κ3) is 5.43. The largest absolute Gasteiger partial charge is 0.347 e. The molecule has 1 saturated heterocycles. The van der Waals surface area contributed by atoms with Gasteiger partial charge in [-0.2, -0.15) is 0 Å². The van der Waals surface area contributed by atoms with Crippen LogP contribution in [0.1, 0.15) is 50.3 Å². The first-order chi connectivity index (χ1) is 15.9. The van der Waals surface area contributed by atoms with E-state index in [9.17, 15) is 14.4 Å². The zero-order valence-electron chi connectivity index (χ0n) is 18.1. The Morgan fingerprint density at radius 2 is 1.82 bits per heavy atom. The molecular formula is C23H24ClN5O3S. The van der Waals surface area contributed by atoms with Gasteiger partial charge in [0.15, 0.2) is 0 Å². The van der Waals surface area contributed by atoms with Gasteiger partial charge in [-0.05, 0) is 36.6 Å². The van der Waals surface area contributed by atoms with E-state index in [-0.39, 0.29) is 17.5 Å². The van der Waals surface area contributed by atoms with Crippen molar-refractivity contribution in [3.8, 4) is 0 Å². The van der Waals surface area contributed by atoms with Crippen molar-refractivity contribution in [3.63, 3.8) is 0 Å². The molecule has 2 aromatic heterocycles. The van der Waals surface area contributed by atoms with Gasteiger partial charge in [-0.15, -0.1) is 11.3 Å². The van der Waals surface area contributed by atoms with Crippen LogP contribution in [-0.2, 0) is 18.3 Å². The van der Waals surface area contributed by atoms with Crippen LogP contribution in [0.5, 0.6) is 0 Å². The predicted molar refractivity (Wildman–Crippen MR) is 126 cm³/mol. The molecule has 0 aliphatic carbocycles. The summed E-state index contributed by atoms with van der Waals surface area (Å²) in [5.41, 5.74) is 6.35. The van der Waals surface area contributed by atoms with Gasteiger partial charge in [0.1, 0.15) is 11.4 Å². The minimum Gasteiger partial charge on any atom is -0.347 e. The number of amides is 3. The molecule has 4 rings (SSSR count). The molecule has 3 amide bonds. The Balaban J connectivity index is 1.27. The van der Waals surface area contributed by atoms with Crippen molar-refractivity contribution in [2.75, 3.05) is 13.1 Å². The Morgan fingerprint density at radius 1 is 1.09 bits per heavy atom. The first kappa shape index (κ1) is 23.0. The zero-order chi connectivity index (χ0) is 23.4. The van der Waals surface area contributed by atoms with Crippen molar-refractivity contribution in [2.24, 2.45) is 7.05 Å². The number of nitrogens with zero attached hydrogens (tertiary/aromatic N) is 3. The van der Waals surface area contributed by atoms with E-state index in [1.54, 1.807) is 41.4 Å². The van der Waals surface area contributed by atoms with Crippen molar-refractivity contribution in [2.45, 2.75) is 25.2 Å². The van der Waals surface area contributed by atoms with Crippen LogP contribution < -0.4 is 10.9 Å². The fraction of sp³-hybridized carbons (Fsp3) is 0.304. The molecule has 2 N–H and O–H groups in total. The summed E-state index contributed by atoms with van der Waals surface area (Å²) < 4.78 is 1.66. The highest BCUT2D eigenvalue weighted by molar-refractivity contribution is 7.09. The molecule has 1 aliphatic rings. The van der Waals surface area contributed by atoms with Crippen LogP contribution in [0.25, 0.3) is 0 Å². The second-order valence-corrected chi connectivity index (χ2v) is 9.20. The topological polar surface area (TPSA) is 96.3 Å². The standard InChI is InChI=1S/C23H24ClN5O3S/c1-28-10-4-7-19(28)22(32)27-26-21(31)18-14-33-23(25-18)15-8-11-29(12-9-15)20(30)13-16-5-2-3-6-17(16)24/h2-7,10,14-15H,8-9,11-13H2,1H3,(H,26,31)(H,27,32). The number of piperidine rings is 1. The Kier molecular flexibility index (Phi) is 7.10. The van der Waals surface area contributed by atoms with E-state index in [1.165, 1.54) is 11.3 Å². The van der Waals surface area contributed by atoms with E-state index in [0.29, 0.717) is 30.2 Å². The smallest absolute Gasteiger partial charge is 0.289 e. The molecule has 8 nitrogen and oxygen atoms in total. The quantitative estimate of drug-likeness (QED) is 0.542. The number of aromatic nitrogens is 2. The van der Waals surface area contributed by atoms with Crippen molar-refractivity contribution in [3.05, 3.63) is 75.0 Å². The molecule has 0 radical (unpaired) electrons. The summed E-state index contributed by atoms with van der Waals surface area (Å²) in [6.07, 6.45) is 3.61. The van der Waals surface area contributed by atoms with Gasteiger partial charge in [-0.1, -0.05) is 29.8 Å². The average molecular weight is 486 g/mol. The average Bonchev–Trinajstić information content (AvgIpc) is 3.48. The number of hydrogen-bond donors (Lipinski definition) is 2. The summed E-state index contributed by atoms with van der Waals surface area (Å²) in [5.74, 6) is -0.610. The highest BCUT2D eigenvalue weighted by Crippen LogP contribution is 2.30. The van der Waals surface area contributed by atoms with Gasteiger partial charge >= 0.3 is 0 Å². The maximum absolute atomic E-state index is 12.7. The lowest BCUT2D eigenvalue weighted by atomic mass is 9.97. The minimum absolute atomic E-state index is 0.0646. The van der Waals surface area contributed by atoms with Crippen LogP contribution in [0.2, 0.25) is 5.02 Å². The SMILES string of the molecule is Cn1cccc1C(=O)NNC(=O)c1csc(C2CCN(C(=O)Cc3ccccc3Cl)CC2)n1. The highest BCUT2D eigenvalue weighted by atomic mass is 35.5. The summed E-state index contributed by atoms with van der Waals surface area (Å²) in [5, 5.41) is 3.16. The van der Waals surface area contributed by atoms with Gasteiger partial charge in [0.05, 0.1) is 11.4 Å². The van der Waals surface area contributed by atoms with Gasteiger partial charge in [0.25, 0.3) is 11.8 Å². The molecule has 33 heavy (non-hydrogen) atoms. The molecule has 1 aliphatic heterocycles. The number of benzene rings is 1. The molecule has 3 heterocycles. The van der Waals surface area contributed by atoms with Crippen LogP contribution in [-0.4, -0.2) is 45.3 Å². The number of rotatable bonds is 5. The number of nitrogens with one attached hydrogen (secondary N) is 2. The van der Waals surface area contributed by atoms with Gasteiger partial charge in [-0.25, -0.2) is 4.98 Å². The summed E-state index contributed by atoms with van der Waals surface area (Å²) in [7, 11) is 1.75. The van der Waals surface area contributed by atoms with Gasteiger partial charge in [0.2, 0.25) is 5.91 Å². The van der Waals surface area contributed by atoms with E-state index >= 15 is 0 Å². The first-order valence-corrected chi connectivity index (χ1v) is 11.9. The van der Waals surface area contributed by atoms with E-state index in [0.717, 1.165) is 23.4 Å². The molecule has 0 spiro atoms. The number of halogens is 1. The van der Waals surface area contributed by atoms with Crippen LogP contribution in [0.3, 0.4) is 0 Å². The fourth-order valence-electron chi connectivity index (χ4n) is 3.81. The van der Waals surface area contributed by atoms with Gasteiger partial charge in [-0.3, -0.25) is 25.2 Å². The zero-order valence-corrected chi connectivity index (χ0v) is 19.7. The van der Waals surface area contributed by atoms with Crippen LogP contribution in [0.4, 0.5) is 0 Å². The molecule has 3 aromatic rings. The number of hydrogen-bond acceptors (Lipinski definition) is 5. The highest BCUT2D eigenvalue weighted by Gasteiger charge is 2.26. The second-order valence-electron chi connectivity index (χ2n) is 7.91. The third-order valence-corrected chi connectivity index (χ3v) is 7.09. The molecule has 1 fully saturated rings. The van der Waals surface area contributed by atoms with Gasteiger partial charge in [0, 0.05) is 42.7 Å². The molecule has 0 atom stereocenters. The normalized spacial score (nSPS) is 14.2. The lowest BCUT2D eigenvalue weighted by Crippen LogP contribution is -2.42.